The van der Waals surface area contributed by atoms with Crippen LogP contribution in [0.1, 0.15) is 271 Å². The lowest BCUT2D eigenvalue weighted by Crippen LogP contribution is -2.30. The molecule has 6 nitrogen and oxygen atoms in total. The van der Waals surface area contributed by atoms with Gasteiger partial charge < -0.3 is 14.2 Å². The molecule has 0 saturated heterocycles. The van der Waals surface area contributed by atoms with Crippen molar-refractivity contribution in [3.63, 3.8) is 0 Å². The molecule has 0 spiro atoms. The Bertz CT molecular complexity index is 1320. The zero-order valence-corrected chi connectivity index (χ0v) is 44.6. The van der Waals surface area contributed by atoms with Crippen molar-refractivity contribution >= 4 is 17.9 Å². The number of hydrogen-bond donors (Lipinski definition) is 0. The average molecular weight is 948 g/mol. The van der Waals surface area contributed by atoms with Gasteiger partial charge in [-0.05, 0) is 96.3 Å². The molecule has 0 saturated carbocycles. The minimum absolute atomic E-state index is 0.0987. The number of allylic oxidation sites excluding steroid dienone is 14. The number of rotatable bonds is 51. The van der Waals surface area contributed by atoms with Crippen LogP contribution in [-0.2, 0) is 28.6 Å². The third kappa shape index (κ3) is 53.5. The van der Waals surface area contributed by atoms with Gasteiger partial charge in [0.25, 0.3) is 0 Å². The molecular weight excluding hydrogens is 841 g/mol. The summed E-state index contributed by atoms with van der Waals surface area (Å²) in [5.74, 6) is -0.947. The maximum absolute atomic E-state index is 12.9. The Morgan fingerprint density at radius 3 is 0.926 bits per heavy atom. The number of unbranched alkanes of at least 4 members (excludes halogenated alkanes) is 30. The summed E-state index contributed by atoms with van der Waals surface area (Å²) in [5.41, 5.74) is 0. The van der Waals surface area contributed by atoms with Crippen LogP contribution in [0.3, 0.4) is 0 Å². The fourth-order valence-electron chi connectivity index (χ4n) is 7.85. The normalized spacial score (nSPS) is 12.7. The van der Waals surface area contributed by atoms with Crippen molar-refractivity contribution in [1.82, 2.24) is 0 Å². The minimum Gasteiger partial charge on any atom is -0.462 e. The Kier molecular flexibility index (Phi) is 53.4. The van der Waals surface area contributed by atoms with E-state index in [4.69, 9.17) is 14.2 Å². The van der Waals surface area contributed by atoms with Gasteiger partial charge in [-0.3, -0.25) is 14.4 Å². The molecule has 0 amide bonds. The maximum Gasteiger partial charge on any atom is 0.306 e. The topological polar surface area (TPSA) is 78.9 Å². The van der Waals surface area contributed by atoms with Crippen LogP contribution < -0.4 is 0 Å². The van der Waals surface area contributed by atoms with Crippen LogP contribution in [0.5, 0.6) is 0 Å². The van der Waals surface area contributed by atoms with Gasteiger partial charge in [-0.2, -0.15) is 0 Å². The molecule has 0 rings (SSSR count). The van der Waals surface area contributed by atoms with Crippen LogP contribution in [-0.4, -0.2) is 37.2 Å². The highest BCUT2D eigenvalue weighted by molar-refractivity contribution is 5.71. The van der Waals surface area contributed by atoms with Gasteiger partial charge in [0.05, 0.1) is 0 Å². The summed E-state index contributed by atoms with van der Waals surface area (Å²) in [6.07, 6.45) is 72.8. The van der Waals surface area contributed by atoms with E-state index in [0.717, 1.165) is 116 Å². The highest BCUT2D eigenvalue weighted by atomic mass is 16.6. The fraction of sp³-hybridized carbons (Fsp3) is 0.726. The molecule has 0 aliphatic carbocycles. The van der Waals surface area contributed by atoms with Gasteiger partial charge in [0.15, 0.2) is 6.10 Å². The molecule has 0 aromatic heterocycles. The summed E-state index contributed by atoms with van der Waals surface area (Å²) < 4.78 is 16.8. The maximum atomic E-state index is 12.9. The predicted molar refractivity (Wildman–Crippen MR) is 293 cm³/mol. The van der Waals surface area contributed by atoms with E-state index in [1.807, 2.05) is 0 Å². The smallest absolute Gasteiger partial charge is 0.306 e. The van der Waals surface area contributed by atoms with Gasteiger partial charge in [-0.1, -0.05) is 241 Å². The summed E-state index contributed by atoms with van der Waals surface area (Å²) >= 11 is 0. The molecule has 0 aromatic carbocycles. The number of hydrogen-bond acceptors (Lipinski definition) is 6. The SMILES string of the molecule is CCCCC\C=C/C=C\C=C/C=C\CCCCCCCC(=O)OCC(COC(=O)CCCCC/C=C\CCCCCCCCC)OC(=O)CCCCCCC/C=C\C=C/CCCCCCCCC. The molecule has 1 atom stereocenters. The van der Waals surface area contributed by atoms with Gasteiger partial charge >= 0.3 is 17.9 Å². The first kappa shape index (κ1) is 64.6. The second-order valence-corrected chi connectivity index (χ2v) is 19.0. The quantitative estimate of drug-likeness (QED) is 0.0199. The molecule has 390 valence electrons. The van der Waals surface area contributed by atoms with Crippen molar-refractivity contribution in [2.24, 2.45) is 0 Å². The van der Waals surface area contributed by atoms with Crippen molar-refractivity contribution in [2.45, 2.75) is 277 Å². The van der Waals surface area contributed by atoms with Crippen molar-refractivity contribution in [3.05, 3.63) is 85.1 Å². The summed E-state index contributed by atoms with van der Waals surface area (Å²) in [6, 6.07) is 0. The van der Waals surface area contributed by atoms with E-state index >= 15 is 0 Å². The molecule has 6 heteroatoms. The summed E-state index contributed by atoms with van der Waals surface area (Å²) in [5, 5.41) is 0. The first-order valence-electron chi connectivity index (χ1n) is 28.7. The summed E-state index contributed by atoms with van der Waals surface area (Å²) in [4.78, 5) is 38.1. The molecule has 0 radical (unpaired) electrons. The molecule has 0 heterocycles. The van der Waals surface area contributed by atoms with Crippen LogP contribution in [0, 0.1) is 0 Å². The third-order valence-electron chi connectivity index (χ3n) is 12.2. The van der Waals surface area contributed by atoms with E-state index in [1.54, 1.807) is 0 Å². The molecule has 1 unspecified atom stereocenters. The minimum atomic E-state index is -0.802. The lowest BCUT2D eigenvalue weighted by atomic mass is 10.1. The van der Waals surface area contributed by atoms with E-state index in [-0.39, 0.29) is 31.1 Å². The molecule has 0 aliphatic rings. The number of ether oxygens (including phenoxy) is 3. The van der Waals surface area contributed by atoms with Gasteiger partial charge in [-0.25, -0.2) is 0 Å². The predicted octanol–water partition coefficient (Wildman–Crippen LogP) is 19.2. The zero-order chi connectivity index (χ0) is 49.3. The van der Waals surface area contributed by atoms with E-state index in [2.05, 4.69) is 106 Å². The van der Waals surface area contributed by atoms with Crippen LogP contribution in [0.25, 0.3) is 0 Å². The number of carbonyl (C=O) groups is 3. The average Bonchev–Trinajstić information content (AvgIpc) is 3.34. The Hall–Kier alpha value is -3.41. The van der Waals surface area contributed by atoms with Crippen molar-refractivity contribution in [1.29, 1.82) is 0 Å². The second-order valence-electron chi connectivity index (χ2n) is 19.0. The first-order chi connectivity index (χ1) is 33.5. The van der Waals surface area contributed by atoms with Gasteiger partial charge in [-0.15, -0.1) is 0 Å². The van der Waals surface area contributed by atoms with Crippen molar-refractivity contribution in [3.8, 4) is 0 Å². The number of esters is 3. The highest BCUT2D eigenvalue weighted by Gasteiger charge is 2.19. The summed E-state index contributed by atoms with van der Waals surface area (Å²) in [7, 11) is 0. The van der Waals surface area contributed by atoms with Crippen molar-refractivity contribution in [2.75, 3.05) is 13.2 Å². The van der Waals surface area contributed by atoms with Gasteiger partial charge in [0.1, 0.15) is 13.2 Å². The molecule has 68 heavy (non-hydrogen) atoms. The monoisotopic (exact) mass is 947 g/mol. The number of carbonyl (C=O) groups excluding carboxylic acids is 3. The lowest BCUT2D eigenvalue weighted by Gasteiger charge is -2.18. The molecule has 0 bridgehead atoms. The standard InChI is InChI=1S/C62H106O6/c1-4-7-10-13-16-19-22-25-28-30-32-34-37-40-43-46-49-52-55-61(64)67-58-59(57-66-60(63)54-51-48-45-42-39-36-27-24-21-18-15-12-9-6-3)68-62(65)56-53-50-47-44-41-38-35-33-31-29-26-23-20-17-14-11-8-5-2/h16,19,22,25,28-36,39,59H,4-15,17-18,20-21,23-24,26-27,37-38,40-58H2,1-3H3/b19-16-,25-22-,30-28-,31-29-,34-32-,35-33-,39-36-. The van der Waals surface area contributed by atoms with Crippen molar-refractivity contribution < 1.29 is 28.6 Å². The van der Waals surface area contributed by atoms with E-state index in [0.29, 0.717) is 19.3 Å². The van der Waals surface area contributed by atoms with Crippen LogP contribution in [0.15, 0.2) is 85.1 Å². The summed E-state index contributed by atoms with van der Waals surface area (Å²) in [6.45, 7) is 6.56. The fourth-order valence-corrected chi connectivity index (χ4v) is 7.85. The van der Waals surface area contributed by atoms with E-state index < -0.39 is 6.10 Å². The van der Waals surface area contributed by atoms with Crippen LogP contribution in [0.4, 0.5) is 0 Å². The zero-order valence-electron chi connectivity index (χ0n) is 44.6. The first-order valence-corrected chi connectivity index (χ1v) is 28.7. The molecule has 0 N–H and O–H groups in total. The van der Waals surface area contributed by atoms with Gasteiger partial charge in [0.2, 0.25) is 0 Å². The Morgan fingerprint density at radius 1 is 0.294 bits per heavy atom. The van der Waals surface area contributed by atoms with Crippen LogP contribution in [0.2, 0.25) is 0 Å². The Labute approximate surface area is 420 Å². The second kappa shape index (κ2) is 56.2. The molecular formula is C62H106O6. The Morgan fingerprint density at radius 2 is 0.544 bits per heavy atom. The molecule has 0 fully saturated rings. The third-order valence-corrected chi connectivity index (χ3v) is 12.2. The van der Waals surface area contributed by atoms with Crippen LogP contribution >= 0.6 is 0 Å². The largest absolute Gasteiger partial charge is 0.462 e. The van der Waals surface area contributed by atoms with Gasteiger partial charge in [0, 0.05) is 19.3 Å². The molecule has 0 aromatic rings. The Balaban J connectivity index is 4.48. The lowest BCUT2D eigenvalue weighted by molar-refractivity contribution is -0.167. The molecule has 0 aliphatic heterocycles. The highest BCUT2D eigenvalue weighted by Crippen LogP contribution is 2.14. The van der Waals surface area contributed by atoms with E-state index in [9.17, 15) is 14.4 Å². The van der Waals surface area contributed by atoms with E-state index in [1.165, 1.54) is 116 Å².